The summed E-state index contributed by atoms with van der Waals surface area (Å²) in [6, 6.07) is 0. The zero-order valence-corrected chi connectivity index (χ0v) is 14.3. The lowest BCUT2D eigenvalue weighted by molar-refractivity contribution is -0.116. The number of aromatic nitrogens is 1. The van der Waals surface area contributed by atoms with Crippen LogP contribution >= 0.6 is 11.3 Å². The Morgan fingerprint density at radius 2 is 1.95 bits per heavy atom. The number of nitrogens with one attached hydrogen (secondary N) is 2. The Kier molecular flexibility index (Phi) is 7.87. The molecule has 7 heteroatoms. The minimum atomic E-state index is -0.463. The first-order valence-corrected chi connectivity index (χ1v) is 8.41. The maximum absolute atomic E-state index is 11.6. The highest BCUT2D eigenvalue weighted by molar-refractivity contribution is 7.13. The van der Waals surface area contributed by atoms with E-state index in [1.54, 1.807) is 6.20 Å². The third kappa shape index (κ3) is 9.33. The molecule has 22 heavy (non-hydrogen) atoms. The molecule has 6 nitrogen and oxygen atoms in total. The lowest BCUT2D eigenvalue weighted by atomic mass is 10.1. The fourth-order valence-corrected chi connectivity index (χ4v) is 2.28. The van der Waals surface area contributed by atoms with Gasteiger partial charge in [0.05, 0.1) is 0 Å². The van der Waals surface area contributed by atoms with Crippen molar-refractivity contribution in [2.75, 3.05) is 11.9 Å². The highest BCUT2D eigenvalue weighted by atomic mass is 32.1. The second-order valence-corrected chi connectivity index (χ2v) is 6.87. The van der Waals surface area contributed by atoms with E-state index in [0.29, 0.717) is 18.1 Å². The highest BCUT2D eigenvalue weighted by Gasteiger charge is 2.15. The molecule has 0 fully saturated rings. The van der Waals surface area contributed by atoms with E-state index in [-0.39, 0.29) is 12.0 Å². The van der Waals surface area contributed by atoms with E-state index in [1.807, 2.05) is 26.2 Å². The van der Waals surface area contributed by atoms with E-state index in [9.17, 15) is 9.59 Å². The van der Waals surface area contributed by atoms with Crippen molar-refractivity contribution >= 4 is 28.5 Å². The van der Waals surface area contributed by atoms with Crippen molar-refractivity contribution in [2.24, 2.45) is 0 Å². The van der Waals surface area contributed by atoms with E-state index < -0.39 is 5.60 Å². The fraction of sp³-hybridized carbons (Fsp3) is 0.667. The van der Waals surface area contributed by atoms with Crippen LogP contribution in [0.1, 0.15) is 52.9 Å². The van der Waals surface area contributed by atoms with Gasteiger partial charge in [0.2, 0.25) is 5.91 Å². The summed E-state index contributed by atoms with van der Waals surface area (Å²) in [5, 5.41) is 7.95. The summed E-state index contributed by atoms with van der Waals surface area (Å²) in [5.74, 6) is 0.00169. The zero-order valence-electron chi connectivity index (χ0n) is 13.5. The molecular formula is C15H25N3O3S. The molecule has 1 aromatic rings. The molecule has 0 aliphatic carbocycles. The average molecular weight is 327 g/mol. The van der Waals surface area contributed by atoms with Crippen LogP contribution in [0.2, 0.25) is 0 Å². The summed E-state index contributed by atoms with van der Waals surface area (Å²) in [7, 11) is 0. The van der Waals surface area contributed by atoms with Gasteiger partial charge in [0.1, 0.15) is 5.60 Å². The normalized spacial score (nSPS) is 11.0. The minimum absolute atomic E-state index is 0.00169. The monoisotopic (exact) mass is 327 g/mol. The predicted octanol–water partition coefficient (Wildman–Crippen LogP) is 3.56. The van der Waals surface area contributed by atoms with Gasteiger partial charge in [-0.3, -0.25) is 4.79 Å². The first-order chi connectivity index (χ1) is 10.4. The molecule has 2 amide bonds. The lowest BCUT2D eigenvalue weighted by Gasteiger charge is -2.19. The third-order valence-electron chi connectivity index (χ3n) is 2.68. The highest BCUT2D eigenvalue weighted by Crippen LogP contribution is 2.11. The molecule has 124 valence electrons. The molecule has 0 unspecified atom stereocenters. The summed E-state index contributed by atoms with van der Waals surface area (Å²) >= 11 is 1.41. The molecule has 0 bridgehead atoms. The van der Waals surface area contributed by atoms with Crippen LogP contribution in [0.4, 0.5) is 9.93 Å². The Morgan fingerprint density at radius 1 is 1.23 bits per heavy atom. The summed E-state index contributed by atoms with van der Waals surface area (Å²) < 4.78 is 5.14. The lowest BCUT2D eigenvalue weighted by Crippen LogP contribution is -2.32. The Balaban J connectivity index is 1.95. The van der Waals surface area contributed by atoms with Crippen LogP contribution in [0.15, 0.2) is 11.6 Å². The number of alkyl carbamates (subject to hydrolysis) is 1. The third-order valence-corrected chi connectivity index (χ3v) is 3.37. The van der Waals surface area contributed by atoms with Crippen molar-refractivity contribution in [3.05, 3.63) is 11.6 Å². The van der Waals surface area contributed by atoms with Gasteiger partial charge in [-0.05, 0) is 33.6 Å². The molecule has 0 aliphatic rings. The van der Waals surface area contributed by atoms with Crippen LogP contribution in [0.3, 0.4) is 0 Å². The van der Waals surface area contributed by atoms with E-state index in [4.69, 9.17) is 4.74 Å². The fourth-order valence-electron chi connectivity index (χ4n) is 1.74. The number of hydrogen-bond donors (Lipinski definition) is 2. The van der Waals surface area contributed by atoms with Gasteiger partial charge >= 0.3 is 6.09 Å². The molecule has 0 saturated carbocycles. The number of unbranched alkanes of at least 4 members (excludes halogenated alkanes) is 3. The van der Waals surface area contributed by atoms with Crippen LogP contribution in [-0.2, 0) is 9.53 Å². The first kappa shape index (κ1) is 18.4. The Morgan fingerprint density at radius 3 is 2.59 bits per heavy atom. The van der Waals surface area contributed by atoms with E-state index in [2.05, 4.69) is 15.6 Å². The number of rotatable bonds is 8. The second kappa shape index (κ2) is 9.40. The van der Waals surface area contributed by atoms with Crippen molar-refractivity contribution in [1.82, 2.24) is 10.3 Å². The van der Waals surface area contributed by atoms with Gasteiger partial charge < -0.3 is 15.4 Å². The summed E-state index contributed by atoms with van der Waals surface area (Å²) in [4.78, 5) is 27.0. The average Bonchev–Trinajstić information content (AvgIpc) is 2.88. The Hall–Kier alpha value is -1.63. The van der Waals surface area contributed by atoms with Crippen molar-refractivity contribution in [3.8, 4) is 0 Å². The van der Waals surface area contributed by atoms with Gasteiger partial charge in [-0.25, -0.2) is 9.78 Å². The van der Waals surface area contributed by atoms with Crippen molar-refractivity contribution in [1.29, 1.82) is 0 Å². The second-order valence-electron chi connectivity index (χ2n) is 5.98. The molecule has 0 saturated heterocycles. The van der Waals surface area contributed by atoms with Crippen molar-refractivity contribution in [2.45, 2.75) is 58.5 Å². The molecule has 1 heterocycles. The number of carbonyl (C=O) groups is 2. The number of hydrogen-bond acceptors (Lipinski definition) is 5. The molecule has 2 N–H and O–H groups in total. The molecule has 0 atom stereocenters. The van der Waals surface area contributed by atoms with E-state index >= 15 is 0 Å². The summed E-state index contributed by atoms with van der Waals surface area (Å²) in [6.07, 6.45) is 5.44. The molecule has 0 aromatic carbocycles. The molecule has 0 radical (unpaired) electrons. The number of amides is 2. The Bertz CT molecular complexity index is 455. The number of ether oxygens (including phenoxy) is 1. The Labute approximate surface area is 135 Å². The van der Waals surface area contributed by atoms with Crippen LogP contribution in [-0.4, -0.2) is 29.1 Å². The predicted molar refractivity (Wildman–Crippen MR) is 88.1 cm³/mol. The number of nitrogens with zero attached hydrogens (tertiary/aromatic N) is 1. The van der Waals surface area contributed by atoms with Crippen LogP contribution in [0.25, 0.3) is 0 Å². The SMILES string of the molecule is CC(C)(C)OC(=O)NCCCCCCC(=O)Nc1nccs1. The molecule has 0 aliphatic heterocycles. The van der Waals surface area contributed by atoms with Gasteiger partial charge in [0, 0.05) is 24.5 Å². The smallest absolute Gasteiger partial charge is 0.407 e. The largest absolute Gasteiger partial charge is 0.444 e. The van der Waals surface area contributed by atoms with Gasteiger partial charge in [-0.1, -0.05) is 12.8 Å². The quantitative estimate of drug-likeness (QED) is 0.715. The maximum atomic E-state index is 11.6. The van der Waals surface area contributed by atoms with Crippen LogP contribution < -0.4 is 10.6 Å². The van der Waals surface area contributed by atoms with Gasteiger partial charge in [0.15, 0.2) is 5.13 Å². The first-order valence-electron chi connectivity index (χ1n) is 7.53. The number of anilines is 1. The number of carbonyl (C=O) groups excluding carboxylic acids is 2. The maximum Gasteiger partial charge on any atom is 0.407 e. The van der Waals surface area contributed by atoms with Crippen molar-refractivity contribution in [3.63, 3.8) is 0 Å². The summed E-state index contributed by atoms with van der Waals surface area (Å²) in [6.45, 7) is 6.11. The van der Waals surface area contributed by atoms with E-state index in [0.717, 1.165) is 25.7 Å². The molecule has 1 aromatic heterocycles. The van der Waals surface area contributed by atoms with Gasteiger partial charge in [-0.15, -0.1) is 11.3 Å². The summed E-state index contributed by atoms with van der Waals surface area (Å²) in [5.41, 5.74) is -0.463. The zero-order chi connectivity index (χ0) is 16.4. The van der Waals surface area contributed by atoms with Gasteiger partial charge in [0.25, 0.3) is 0 Å². The topological polar surface area (TPSA) is 80.3 Å². The molecule has 1 rings (SSSR count). The molecule has 0 spiro atoms. The van der Waals surface area contributed by atoms with Crippen LogP contribution in [0, 0.1) is 0 Å². The van der Waals surface area contributed by atoms with E-state index in [1.165, 1.54) is 11.3 Å². The van der Waals surface area contributed by atoms with Crippen LogP contribution in [0.5, 0.6) is 0 Å². The minimum Gasteiger partial charge on any atom is -0.444 e. The standard InChI is InChI=1S/C15H25N3O3S/c1-15(2,3)21-14(20)17-9-7-5-4-6-8-12(19)18-13-16-10-11-22-13/h10-11H,4-9H2,1-3H3,(H,17,20)(H,16,18,19). The number of thiazole rings is 1. The van der Waals surface area contributed by atoms with Crippen molar-refractivity contribution < 1.29 is 14.3 Å². The van der Waals surface area contributed by atoms with Gasteiger partial charge in [-0.2, -0.15) is 0 Å². The molecular weight excluding hydrogens is 302 g/mol.